The molecule has 4 aromatic rings. The van der Waals surface area contributed by atoms with Gasteiger partial charge < -0.3 is 10.1 Å². The number of H-pyrrole nitrogens is 1. The summed E-state index contributed by atoms with van der Waals surface area (Å²) >= 11 is 1.46. The molecule has 172 valence electrons. The molecule has 0 saturated carbocycles. The van der Waals surface area contributed by atoms with Gasteiger partial charge in [-0.05, 0) is 55.0 Å². The molecule has 1 unspecified atom stereocenters. The molecule has 0 spiro atoms. The molecule has 3 heterocycles. The Morgan fingerprint density at radius 3 is 2.85 bits per heavy atom. The first kappa shape index (κ1) is 22.2. The highest BCUT2D eigenvalue weighted by molar-refractivity contribution is 7.25. The molecule has 8 heteroatoms. The summed E-state index contributed by atoms with van der Waals surface area (Å²) in [5.74, 6) is 1.93. The zero-order valence-corrected chi connectivity index (χ0v) is 19.9. The molecule has 0 radical (unpaired) electrons. The largest absolute Gasteiger partial charge is 0.496 e. The molecule has 3 atom stereocenters. The number of methoxy groups -OCH3 is 1. The Labute approximate surface area is 201 Å². The standard InChI is InChI=1S/C25H25N3O3S.ClH/c1-31-19-7-4-6-16-15(19)10-9-14-13-26-18(21(14)16)11-12-28-24(29)22-17-5-2-3-8-20(17)32-23(22)27-25(28)30;/h2-8,14,18,21,26H,9-13H2,1H3,(H,27,30);1H/t14-,18?,21+;/m0./s1. The van der Waals surface area contributed by atoms with Crippen LogP contribution in [0.1, 0.15) is 29.9 Å². The molecule has 1 aliphatic carbocycles. The Kier molecular flexibility index (Phi) is 5.80. The van der Waals surface area contributed by atoms with Crippen molar-refractivity contribution < 1.29 is 4.74 Å². The summed E-state index contributed by atoms with van der Waals surface area (Å²) in [6.45, 7) is 1.37. The van der Waals surface area contributed by atoms with Crippen molar-refractivity contribution >= 4 is 44.0 Å². The number of benzene rings is 2. The molecule has 1 aliphatic heterocycles. The fourth-order valence-corrected chi connectivity index (χ4v) is 6.90. The van der Waals surface area contributed by atoms with E-state index in [1.54, 1.807) is 7.11 Å². The number of hydrogen-bond donors (Lipinski definition) is 2. The van der Waals surface area contributed by atoms with Crippen LogP contribution in [0.2, 0.25) is 0 Å². The van der Waals surface area contributed by atoms with Gasteiger partial charge in [0.25, 0.3) is 5.56 Å². The van der Waals surface area contributed by atoms with Gasteiger partial charge in [0.05, 0.1) is 12.5 Å². The average Bonchev–Trinajstić information content (AvgIpc) is 3.39. The van der Waals surface area contributed by atoms with Gasteiger partial charge in [-0.15, -0.1) is 23.7 Å². The van der Waals surface area contributed by atoms with Crippen LogP contribution in [-0.4, -0.2) is 29.2 Å². The predicted octanol–water partition coefficient (Wildman–Crippen LogP) is 4.04. The first-order valence-electron chi connectivity index (χ1n) is 11.2. The summed E-state index contributed by atoms with van der Waals surface area (Å²) in [6.07, 6.45) is 2.90. The van der Waals surface area contributed by atoms with Gasteiger partial charge in [-0.3, -0.25) is 14.3 Å². The van der Waals surface area contributed by atoms with Gasteiger partial charge in [0.1, 0.15) is 10.6 Å². The molecule has 33 heavy (non-hydrogen) atoms. The van der Waals surface area contributed by atoms with Crippen LogP contribution in [0.25, 0.3) is 20.3 Å². The number of nitrogens with one attached hydrogen (secondary N) is 2. The minimum absolute atomic E-state index is 0. The third-order valence-electron chi connectivity index (χ3n) is 7.28. The first-order chi connectivity index (χ1) is 15.7. The Hall–Kier alpha value is -2.61. The molecule has 1 fully saturated rings. The SMILES string of the molecule is COc1cccc2c1CC[C@H]1CNC(CCn3c(=O)[nH]c4sc5ccccc5c4c3=O)[C@@H]21.Cl. The third-order valence-corrected chi connectivity index (χ3v) is 8.37. The number of aromatic amines is 1. The zero-order valence-electron chi connectivity index (χ0n) is 18.3. The Morgan fingerprint density at radius 1 is 1.15 bits per heavy atom. The van der Waals surface area contributed by atoms with E-state index in [-0.39, 0.29) is 29.7 Å². The zero-order chi connectivity index (χ0) is 21.8. The molecule has 2 aromatic heterocycles. The molecule has 6 rings (SSSR count). The maximum Gasteiger partial charge on any atom is 0.329 e. The molecule has 0 bridgehead atoms. The highest BCUT2D eigenvalue weighted by Crippen LogP contribution is 2.45. The maximum absolute atomic E-state index is 13.3. The van der Waals surface area contributed by atoms with Crippen molar-refractivity contribution in [2.45, 2.75) is 37.8 Å². The number of nitrogens with zero attached hydrogens (tertiary/aromatic N) is 1. The minimum Gasteiger partial charge on any atom is -0.496 e. The summed E-state index contributed by atoms with van der Waals surface area (Å²) in [7, 11) is 1.73. The monoisotopic (exact) mass is 483 g/mol. The van der Waals surface area contributed by atoms with E-state index in [0.29, 0.717) is 28.6 Å². The van der Waals surface area contributed by atoms with Gasteiger partial charge in [-0.25, -0.2) is 4.79 Å². The van der Waals surface area contributed by atoms with Crippen LogP contribution in [0.3, 0.4) is 0 Å². The van der Waals surface area contributed by atoms with E-state index in [1.807, 2.05) is 30.3 Å². The van der Waals surface area contributed by atoms with Crippen LogP contribution in [0.5, 0.6) is 5.75 Å². The van der Waals surface area contributed by atoms with Gasteiger partial charge >= 0.3 is 5.69 Å². The topological polar surface area (TPSA) is 76.1 Å². The fourth-order valence-electron chi connectivity index (χ4n) is 5.81. The van der Waals surface area contributed by atoms with Crippen molar-refractivity contribution in [3.63, 3.8) is 0 Å². The number of aromatic nitrogens is 2. The second-order valence-electron chi connectivity index (χ2n) is 8.85. The molecule has 1 saturated heterocycles. The molecule has 0 amide bonds. The van der Waals surface area contributed by atoms with Gasteiger partial charge in [-0.2, -0.15) is 0 Å². The van der Waals surface area contributed by atoms with Crippen LogP contribution >= 0.6 is 23.7 Å². The van der Waals surface area contributed by atoms with Crippen LogP contribution < -0.4 is 21.3 Å². The first-order valence-corrected chi connectivity index (χ1v) is 12.0. The van der Waals surface area contributed by atoms with Crippen molar-refractivity contribution in [1.29, 1.82) is 0 Å². The molecule has 2 aliphatic rings. The van der Waals surface area contributed by atoms with Crippen molar-refractivity contribution in [2.75, 3.05) is 13.7 Å². The number of fused-ring (bicyclic) bond motifs is 6. The summed E-state index contributed by atoms with van der Waals surface area (Å²) in [5.41, 5.74) is 2.15. The summed E-state index contributed by atoms with van der Waals surface area (Å²) in [6, 6.07) is 14.4. The molecule has 6 nitrogen and oxygen atoms in total. The number of thiophene rings is 1. The highest BCUT2D eigenvalue weighted by Gasteiger charge is 2.40. The van der Waals surface area contributed by atoms with Crippen molar-refractivity contribution in [3.05, 3.63) is 74.4 Å². The van der Waals surface area contributed by atoms with Crippen molar-refractivity contribution in [1.82, 2.24) is 14.9 Å². The Bertz CT molecular complexity index is 1460. The van der Waals surface area contributed by atoms with Gasteiger partial charge in [0, 0.05) is 28.6 Å². The lowest BCUT2D eigenvalue weighted by atomic mass is 9.73. The van der Waals surface area contributed by atoms with E-state index in [4.69, 9.17) is 4.74 Å². The van der Waals surface area contributed by atoms with E-state index in [9.17, 15) is 9.59 Å². The number of hydrogen-bond acceptors (Lipinski definition) is 5. The molecular weight excluding hydrogens is 458 g/mol. The van der Waals surface area contributed by atoms with Crippen LogP contribution in [0.15, 0.2) is 52.1 Å². The smallest absolute Gasteiger partial charge is 0.329 e. The fraction of sp³-hybridized carbons (Fsp3) is 0.360. The minimum atomic E-state index is -0.325. The second kappa shape index (κ2) is 8.63. The normalized spacial score (nSPS) is 21.5. The van der Waals surface area contributed by atoms with E-state index >= 15 is 0 Å². The lowest BCUT2D eigenvalue weighted by Gasteiger charge is -2.32. The average molecular weight is 484 g/mol. The van der Waals surface area contributed by atoms with Crippen molar-refractivity contribution in [3.8, 4) is 5.75 Å². The van der Waals surface area contributed by atoms with Crippen molar-refractivity contribution in [2.24, 2.45) is 5.92 Å². The van der Waals surface area contributed by atoms with E-state index in [1.165, 1.54) is 27.0 Å². The summed E-state index contributed by atoms with van der Waals surface area (Å²) in [4.78, 5) is 29.7. The van der Waals surface area contributed by atoms with E-state index < -0.39 is 0 Å². The summed E-state index contributed by atoms with van der Waals surface area (Å²) in [5, 5.41) is 5.21. The van der Waals surface area contributed by atoms with Gasteiger partial charge in [0.2, 0.25) is 0 Å². The van der Waals surface area contributed by atoms with Gasteiger partial charge in [-0.1, -0.05) is 30.3 Å². The molecule has 2 N–H and O–H groups in total. The van der Waals surface area contributed by atoms with Crippen LogP contribution in [0, 0.1) is 5.92 Å². The second-order valence-corrected chi connectivity index (χ2v) is 9.90. The highest BCUT2D eigenvalue weighted by atomic mass is 35.5. The number of rotatable bonds is 4. The molecular formula is C25H26ClN3O3S. The van der Waals surface area contributed by atoms with E-state index in [2.05, 4.69) is 22.4 Å². The number of ether oxygens (including phenoxy) is 1. The summed E-state index contributed by atoms with van der Waals surface area (Å²) < 4.78 is 8.01. The number of halogens is 1. The van der Waals surface area contributed by atoms with Crippen LogP contribution in [-0.2, 0) is 13.0 Å². The Morgan fingerprint density at radius 2 is 2.00 bits per heavy atom. The lowest BCUT2D eigenvalue weighted by molar-refractivity contribution is 0.371. The third kappa shape index (κ3) is 3.50. The van der Waals surface area contributed by atoms with E-state index in [0.717, 1.165) is 41.6 Å². The Balaban J connectivity index is 0.00000228. The lowest BCUT2D eigenvalue weighted by Crippen LogP contribution is -2.37. The maximum atomic E-state index is 13.3. The quantitative estimate of drug-likeness (QED) is 0.459. The predicted molar refractivity (Wildman–Crippen MR) is 135 cm³/mol. The molecule has 2 aromatic carbocycles. The van der Waals surface area contributed by atoms with Gasteiger partial charge in [0.15, 0.2) is 0 Å². The van der Waals surface area contributed by atoms with Crippen LogP contribution in [0.4, 0.5) is 0 Å².